The Bertz CT molecular complexity index is 837. The number of likely N-dealkylation sites (tertiary alicyclic amines) is 1. The van der Waals surface area contributed by atoms with Gasteiger partial charge in [-0.25, -0.2) is 0 Å². The van der Waals surface area contributed by atoms with E-state index in [4.69, 9.17) is 4.74 Å². The molecule has 178 valence electrons. The number of rotatable bonds is 5. The van der Waals surface area contributed by atoms with Gasteiger partial charge in [0.05, 0.1) is 19.8 Å². The van der Waals surface area contributed by atoms with Crippen molar-refractivity contribution in [3.63, 3.8) is 0 Å². The molecule has 3 saturated heterocycles. The van der Waals surface area contributed by atoms with Crippen molar-refractivity contribution in [2.24, 2.45) is 5.92 Å². The van der Waals surface area contributed by atoms with Crippen LogP contribution in [0.1, 0.15) is 18.4 Å². The second-order valence-electron chi connectivity index (χ2n) is 8.94. The topological polar surface area (TPSA) is 73.4 Å². The molecule has 3 amide bonds. The van der Waals surface area contributed by atoms with E-state index in [1.165, 1.54) is 0 Å². The average molecular weight is 455 g/mol. The van der Waals surface area contributed by atoms with E-state index >= 15 is 0 Å². The number of morpholine rings is 1. The molecule has 3 fully saturated rings. The third-order valence-corrected chi connectivity index (χ3v) is 6.78. The minimum atomic E-state index is -0.0197. The number of hydrogen-bond acceptors (Lipinski definition) is 5. The summed E-state index contributed by atoms with van der Waals surface area (Å²) in [5, 5.41) is 0. The van der Waals surface area contributed by atoms with Crippen LogP contribution >= 0.6 is 0 Å². The summed E-state index contributed by atoms with van der Waals surface area (Å²) >= 11 is 0. The zero-order valence-corrected chi connectivity index (χ0v) is 19.2. The summed E-state index contributed by atoms with van der Waals surface area (Å²) in [5.41, 5.74) is 1.00. The molecule has 8 nitrogen and oxygen atoms in total. The highest BCUT2D eigenvalue weighted by atomic mass is 16.5. The monoisotopic (exact) mass is 454 g/mol. The molecule has 0 aliphatic carbocycles. The Hall–Kier alpha value is -2.71. The van der Waals surface area contributed by atoms with Gasteiger partial charge in [0.25, 0.3) is 0 Å². The van der Waals surface area contributed by atoms with Crippen molar-refractivity contribution in [1.29, 1.82) is 0 Å². The molecule has 3 heterocycles. The lowest BCUT2D eigenvalue weighted by molar-refractivity contribution is -0.142. The van der Waals surface area contributed by atoms with Crippen molar-refractivity contribution in [3.05, 3.63) is 42.0 Å². The average Bonchev–Trinajstić information content (AvgIpc) is 2.88. The maximum atomic E-state index is 13.0. The van der Waals surface area contributed by atoms with Gasteiger partial charge in [0.15, 0.2) is 0 Å². The van der Waals surface area contributed by atoms with E-state index in [0.29, 0.717) is 71.9 Å². The molecule has 3 aliphatic rings. The van der Waals surface area contributed by atoms with Crippen LogP contribution in [-0.4, -0.2) is 109 Å². The Morgan fingerprint density at radius 2 is 1.48 bits per heavy atom. The molecule has 0 radical (unpaired) electrons. The van der Waals surface area contributed by atoms with Gasteiger partial charge in [-0.15, -0.1) is 0 Å². The summed E-state index contributed by atoms with van der Waals surface area (Å²) in [6, 6.07) is 9.78. The van der Waals surface area contributed by atoms with Gasteiger partial charge in [0.1, 0.15) is 0 Å². The summed E-state index contributed by atoms with van der Waals surface area (Å²) in [6.45, 7) is 6.98. The molecule has 0 N–H and O–H groups in total. The number of carbonyl (C=O) groups excluding carboxylic acids is 3. The van der Waals surface area contributed by atoms with Gasteiger partial charge in [-0.2, -0.15) is 0 Å². The van der Waals surface area contributed by atoms with Gasteiger partial charge in [-0.05, 0) is 24.5 Å². The van der Waals surface area contributed by atoms with Crippen LogP contribution in [0.5, 0.6) is 0 Å². The lowest BCUT2D eigenvalue weighted by atomic mass is 9.95. The molecule has 33 heavy (non-hydrogen) atoms. The van der Waals surface area contributed by atoms with Crippen molar-refractivity contribution in [2.75, 3.05) is 72.1 Å². The highest BCUT2D eigenvalue weighted by molar-refractivity contribution is 5.92. The minimum Gasteiger partial charge on any atom is -0.378 e. The summed E-state index contributed by atoms with van der Waals surface area (Å²) in [6.07, 6.45) is 4.87. The number of amides is 3. The zero-order chi connectivity index (χ0) is 23.0. The fraction of sp³-hybridized carbons (Fsp3) is 0.560. The molecule has 3 aliphatic heterocycles. The van der Waals surface area contributed by atoms with Crippen molar-refractivity contribution >= 4 is 23.8 Å². The Morgan fingerprint density at radius 1 is 0.818 bits per heavy atom. The molecular weight excluding hydrogens is 420 g/mol. The quantitative estimate of drug-likeness (QED) is 0.620. The van der Waals surface area contributed by atoms with Crippen molar-refractivity contribution in [2.45, 2.75) is 12.8 Å². The Kier molecular flexibility index (Phi) is 8.12. The van der Waals surface area contributed by atoms with E-state index in [2.05, 4.69) is 4.90 Å². The Labute approximate surface area is 195 Å². The number of ether oxygens (including phenoxy) is 1. The third-order valence-electron chi connectivity index (χ3n) is 6.78. The fourth-order valence-corrected chi connectivity index (χ4v) is 4.67. The van der Waals surface area contributed by atoms with Crippen molar-refractivity contribution < 1.29 is 19.1 Å². The van der Waals surface area contributed by atoms with Crippen LogP contribution in [-0.2, 0) is 19.1 Å². The van der Waals surface area contributed by atoms with E-state index in [-0.39, 0.29) is 23.6 Å². The normalized spacial score (nSPS) is 20.9. The highest BCUT2D eigenvalue weighted by Crippen LogP contribution is 2.21. The van der Waals surface area contributed by atoms with Gasteiger partial charge in [-0.1, -0.05) is 30.3 Å². The standard InChI is InChI=1S/C25H34N4O4/c30-23(7-6-21-4-2-1-3-5-21)27-10-8-22(9-11-27)25(32)29-14-12-26(13-15-29)20-24(31)28-16-18-33-19-17-28/h1-7,22H,8-20H2/b7-6+. The predicted molar refractivity (Wildman–Crippen MR) is 125 cm³/mol. The van der Waals surface area contributed by atoms with Gasteiger partial charge < -0.3 is 19.4 Å². The third kappa shape index (κ3) is 6.42. The van der Waals surface area contributed by atoms with Gasteiger partial charge >= 0.3 is 0 Å². The maximum absolute atomic E-state index is 13.0. The molecular formula is C25H34N4O4. The summed E-state index contributed by atoms with van der Waals surface area (Å²) in [5.74, 6) is 0.328. The second-order valence-corrected chi connectivity index (χ2v) is 8.94. The second kappa shape index (κ2) is 11.4. The van der Waals surface area contributed by atoms with Gasteiger partial charge in [-0.3, -0.25) is 19.3 Å². The number of piperidine rings is 1. The fourth-order valence-electron chi connectivity index (χ4n) is 4.67. The van der Waals surface area contributed by atoms with E-state index in [0.717, 1.165) is 18.7 Å². The number of hydrogen-bond donors (Lipinski definition) is 0. The Balaban J connectivity index is 1.17. The molecule has 0 spiro atoms. The van der Waals surface area contributed by atoms with Crippen LogP contribution in [0.3, 0.4) is 0 Å². The van der Waals surface area contributed by atoms with E-state index in [1.54, 1.807) is 6.08 Å². The summed E-state index contributed by atoms with van der Waals surface area (Å²) in [7, 11) is 0. The molecule has 1 aromatic carbocycles. The number of piperazine rings is 1. The molecule has 8 heteroatoms. The number of nitrogens with zero attached hydrogens (tertiary/aromatic N) is 4. The summed E-state index contributed by atoms with van der Waals surface area (Å²) in [4.78, 5) is 45.7. The number of benzene rings is 1. The highest BCUT2D eigenvalue weighted by Gasteiger charge is 2.32. The van der Waals surface area contributed by atoms with Crippen LogP contribution in [0.15, 0.2) is 36.4 Å². The van der Waals surface area contributed by atoms with E-state index < -0.39 is 0 Å². The molecule has 1 aromatic rings. The van der Waals surface area contributed by atoms with Gasteiger partial charge in [0.2, 0.25) is 17.7 Å². The van der Waals surface area contributed by atoms with Crippen LogP contribution in [0, 0.1) is 5.92 Å². The zero-order valence-electron chi connectivity index (χ0n) is 19.2. The largest absolute Gasteiger partial charge is 0.378 e. The van der Waals surface area contributed by atoms with Crippen molar-refractivity contribution in [1.82, 2.24) is 19.6 Å². The Morgan fingerprint density at radius 3 is 2.15 bits per heavy atom. The predicted octanol–water partition coefficient (Wildman–Crippen LogP) is 0.941. The lowest BCUT2D eigenvalue weighted by Crippen LogP contribution is -2.54. The lowest BCUT2D eigenvalue weighted by Gasteiger charge is -2.39. The first-order valence-corrected chi connectivity index (χ1v) is 12.0. The number of carbonyl (C=O) groups is 3. The van der Waals surface area contributed by atoms with E-state index in [1.807, 2.05) is 51.1 Å². The van der Waals surface area contributed by atoms with Gasteiger partial charge in [0, 0.05) is 64.4 Å². The van der Waals surface area contributed by atoms with Crippen LogP contribution in [0.25, 0.3) is 6.08 Å². The smallest absolute Gasteiger partial charge is 0.246 e. The molecule has 0 atom stereocenters. The molecule has 4 rings (SSSR count). The van der Waals surface area contributed by atoms with Crippen LogP contribution in [0.4, 0.5) is 0 Å². The van der Waals surface area contributed by atoms with Crippen molar-refractivity contribution in [3.8, 4) is 0 Å². The molecule has 0 unspecified atom stereocenters. The molecule has 0 saturated carbocycles. The SMILES string of the molecule is O=C(/C=C/c1ccccc1)N1CCC(C(=O)N2CCN(CC(=O)N3CCOCC3)CC2)CC1. The van der Waals surface area contributed by atoms with Crippen LogP contribution in [0.2, 0.25) is 0 Å². The first-order valence-electron chi connectivity index (χ1n) is 12.0. The van der Waals surface area contributed by atoms with E-state index in [9.17, 15) is 14.4 Å². The maximum Gasteiger partial charge on any atom is 0.246 e. The molecule has 0 aromatic heterocycles. The first kappa shape index (κ1) is 23.4. The minimum absolute atomic E-state index is 0.00306. The summed E-state index contributed by atoms with van der Waals surface area (Å²) < 4.78 is 5.31. The van der Waals surface area contributed by atoms with Crippen LogP contribution < -0.4 is 0 Å². The molecule has 0 bridgehead atoms. The first-order chi connectivity index (χ1) is 16.1.